The summed E-state index contributed by atoms with van der Waals surface area (Å²) in [5.41, 5.74) is 4.58. The lowest BCUT2D eigenvalue weighted by atomic mass is 9.85. The third kappa shape index (κ3) is 2.26. The van der Waals surface area contributed by atoms with Crippen LogP contribution < -0.4 is 10.2 Å². The molecule has 1 N–H and O–H groups in total. The Morgan fingerprint density at radius 2 is 2.22 bits per heavy atom. The van der Waals surface area contributed by atoms with Crippen LogP contribution in [0.15, 0.2) is 18.2 Å². The zero-order valence-corrected chi connectivity index (χ0v) is 11.6. The van der Waals surface area contributed by atoms with Crippen molar-refractivity contribution in [3.05, 3.63) is 29.3 Å². The van der Waals surface area contributed by atoms with Crippen molar-refractivity contribution in [3.63, 3.8) is 0 Å². The molecule has 1 aromatic rings. The summed E-state index contributed by atoms with van der Waals surface area (Å²) in [6.07, 6.45) is 5.14. The highest BCUT2D eigenvalue weighted by Gasteiger charge is 2.21. The van der Waals surface area contributed by atoms with E-state index in [1.807, 2.05) is 0 Å². The monoisotopic (exact) mass is 244 g/mol. The molecule has 0 spiro atoms. The first kappa shape index (κ1) is 12.0. The van der Waals surface area contributed by atoms with Gasteiger partial charge in [0.05, 0.1) is 0 Å². The number of anilines is 1. The number of nitrogens with zero attached hydrogens (tertiary/aromatic N) is 1. The van der Waals surface area contributed by atoms with Gasteiger partial charge in [0.2, 0.25) is 0 Å². The summed E-state index contributed by atoms with van der Waals surface area (Å²) in [4.78, 5) is 2.40. The van der Waals surface area contributed by atoms with Crippen LogP contribution in [0.4, 0.5) is 5.69 Å². The van der Waals surface area contributed by atoms with Crippen molar-refractivity contribution in [2.45, 2.75) is 44.6 Å². The first-order valence-corrected chi connectivity index (χ1v) is 7.31. The average molecular weight is 244 g/mol. The molecule has 2 atom stereocenters. The Morgan fingerprint density at radius 1 is 1.33 bits per heavy atom. The Hall–Kier alpha value is -1.02. The highest BCUT2D eigenvalue weighted by Crippen LogP contribution is 2.33. The maximum absolute atomic E-state index is 3.54. The van der Waals surface area contributed by atoms with Gasteiger partial charge >= 0.3 is 0 Å². The van der Waals surface area contributed by atoms with Crippen LogP contribution in [-0.2, 0) is 6.42 Å². The SMILES string of the molecule is CC1CC(c2ccc3c(c2)CCCN3C)CCN1. The van der Waals surface area contributed by atoms with Crippen LogP contribution in [0, 0.1) is 0 Å². The summed E-state index contributed by atoms with van der Waals surface area (Å²) >= 11 is 0. The highest BCUT2D eigenvalue weighted by molar-refractivity contribution is 5.56. The lowest BCUT2D eigenvalue weighted by molar-refractivity contribution is 0.381. The fraction of sp³-hybridized carbons (Fsp3) is 0.625. The van der Waals surface area contributed by atoms with E-state index >= 15 is 0 Å². The normalized spacial score (nSPS) is 28.0. The topological polar surface area (TPSA) is 15.3 Å². The van der Waals surface area contributed by atoms with Crippen LogP contribution in [0.2, 0.25) is 0 Å². The second-order valence-corrected chi connectivity index (χ2v) is 5.99. The third-order valence-corrected chi connectivity index (χ3v) is 4.55. The summed E-state index contributed by atoms with van der Waals surface area (Å²) in [5.74, 6) is 0.763. The molecule has 0 aromatic heterocycles. The minimum absolute atomic E-state index is 0.669. The molecule has 2 heterocycles. The van der Waals surface area contributed by atoms with E-state index in [9.17, 15) is 0 Å². The standard InChI is InChI=1S/C16H24N2/c1-12-10-14(7-8-17-12)13-5-6-16-15(11-13)4-3-9-18(16)2/h5-6,11-12,14,17H,3-4,7-10H2,1-2H3. The molecule has 1 saturated heterocycles. The first-order valence-electron chi connectivity index (χ1n) is 7.31. The number of hydrogen-bond donors (Lipinski definition) is 1. The van der Waals surface area contributed by atoms with Gasteiger partial charge in [0.25, 0.3) is 0 Å². The van der Waals surface area contributed by atoms with Crippen molar-refractivity contribution >= 4 is 5.69 Å². The fourth-order valence-corrected chi connectivity index (χ4v) is 3.49. The molecule has 2 aliphatic rings. The molecule has 2 aliphatic heterocycles. The van der Waals surface area contributed by atoms with Crippen molar-refractivity contribution < 1.29 is 0 Å². The highest BCUT2D eigenvalue weighted by atomic mass is 15.1. The number of piperidine rings is 1. The molecule has 1 fully saturated rings. The molecule has 0 aliphatic carbocycles. The number of hydrogen-bond acceptors (Lipinski definition) is 2. The van der Waals surface area contributed by atoms with E-state index in [1.165, 1.54) is 44.5 Å². The van der Waals surface area contributed by atoms with Crippen molar-refractivity contribution in [1.29, 1.82) is 0 Å². The number of benzene rings is 1. The van der Waals surface area contributed by atoms with E-state index < -0.39 is 0 Å². The van der Waals surface area contributed by atoms with E-state index in [4.69, 9.17) is 0 Å². The van der Waals surface area contributed by atoms with Crippen LogP contribution in [0.5, 0.6) is 0 Å². The lowest BCUT2D eigenvalue weighted by Gasteiger charge is -2.31. The minimum Gasteiger partial charge on any atom is -0.374 e. The zero-order valence-electron chi connectivity index (χ0n) is 11.6. The Kier molecular flexibility index (Phi) is 3.29. The van der Waals surface area contributed by atoms with Crippen LogP contribution in [-0.4, -0.2) is 26.2 Å². The van der Waals surface area contributed by atoms with Gasteiger partial charge in [-0.15, -0.1) is 0 Å². The molecule has 0 bridgehead atoms. The van der Waals surface area contributed by atoms with Crippen molar-refractivity contribution in [3.8, 4) is 0 Å². The molecule has 3 rings (SSSR count). The summed E-state index contributed by atoms with van der Waals surface area (Å²) < 4.78 is 0. The fourth-order valence-electron chi connectivity index (χ4n) is 3.49. The zero-order chi connectivity index (χ0) is 12.5. The molecule has 0 radical (unpaired) electrons. The molecule has 0 saturated carbocycles. The molecular weight excluding hydrogens is 220 g/mol. The van der Waals surface area contributed by atoms with Gasteiger partial charge in [-0.2, -0.15) is 0 Å². The smallest absolute Gasteiger partial charge is 0.0396 e. The van der Waals surface area contributed by atoms with E-state index in [-0.39, 0.29) is 0 Å². The predicted octanol–water partition coefficient (Wildman–Crippen LogP) is 2.92. The molecule has 0 amide bonds. The summed E-state index contributed by atoms with van der Waals surface area (Å²) in [6.45, 7) is 4.68. The summed E-state index contributed by atoms with van der Waals surface area (Å²) in [7, 11) is 2.21. The van der Waals surface area contributed by atoms with Gasteiger partial charge in [0, 0.05) is 25.3 Å². The summed E-state index contributed by atoms with van der Waals surface area (Å²) in [5, 5.41) is 3.54. The maximum atomic E-state index is 3.54. The molecule has 98 valence electrons. The van der Waals surface area contributed by atoms with Gasteiger partial charge in [0.15, 0.2) is 0 Å². The third-order valence-electron chi connectivity index (χ3n) is 4.55. The van der Waals surface area contributed by atoms with E-state index in [1.54, 1.807) is 11.1 Å². The Labute approximate surface area is 110 Å². The molecular formula is C16H24N2. The maximum Gasteiger partial charge on any atom is 0.0396 e. The first-order chi connectivity index (χ1) is 8.74. The van der Waals surface area contributed by atoms with Crippen molar-refractivity contribution in [1.82, 2.24) is 5.32 Å². The summed E-state index contributed by atoms with van der Waals surface area (Å²) in [6, 6.07) is 7.86. The Bertz CT molecular complexity index is 427. The van der Waals surface area contributed by atoms with Gasteiger partial charge in [-0.05, 0) is 62.3 Å². The van der Waals surface area contributed by atoms with Crippen molar-refractivity contribution in [2.24, 2.45) is 0 Å². The molecule has 2 unspecified atom stereocenters. The van der Waals surface area contributed by atoms with Crippen LogP contribution in [0.3, 0.4) is 0 Å². The van der Waals surface area contributed by atoms with Crippen LogP contribution in [0.25, 0.3) is 0 Å². The van der Waals surface area contributed by atoms with Gasteiger partial charge in [-0.3, -0.25) is 0 Å². The van der Waals surface area contributed by atoms with Gasteiger partial charge in [0.1, 0.15) is 0 Å². The van der Waals surface area contributed by atoms with Gasteiger partial charge in [-0.25, -0.2) is 0 Å². The Balaban J connectivity index is 1.85. The van der Waals surface area contributed by atoms with Gasteiger partial charge in [-0.1, -0.05) is 12.1 Å². The minimum atomic E-state index is 0.669. The number of fused-ring (bicyclic) bond motifs is 1. The van der Waals surface area contributed by atoms with E-state index in [0.29, 0.717) is 6.04 Å². The second-order valence-electron chi connectivity index (χ2n) is 5.99. The van der Waals surface area contributed by atoms with Crippen LogP contribution >= 0.6 is 0 Å². The second kappa shape index (κ2) is 4.93. The van der Waals surface area contributed by atoms with Gasteiger partial charge < -0.3 is 10.2 Å². The quantitative estimate of drug-likeness (QED) is 0.817. The molecule has 1 aromatic carbocycles. The molecule has 2 heteroatoms. The largest absolute Gasteiger partial charge is 0.374 e. The average Bonchev–Trinajstić information content (AvgIpc) is 2.39. The predicted molar refractivity (Wildman–Crippen MR) is 77.5 cm³/mol. The molecule has 2 nitrogen and oxygen atoms in total. The number of nitrogens with one attached hydrogen (secondary N) is 1. The number of aryl methyl sites for hydroxylation is 1. The lowest BCUT2D eigenvalue weighted by Crippen LogP contribution is -2.35. The van der Waals surface area contributed by atoms with Crippen molar-refractivity contribution in [2.75, 3.05) is 25.0 Å². The van der Waals surface area contributed by atoms with E-state index in [0.717, 1.165) is 5.92 Å². The van der Waals surface area contributed by atoms with Crippen LogP contribution in [0.1, 0.15) is 43.2 Å². The Morgan fingerprint density at radius 3 is 3.06 bits per heavy atom. The number of rotatable bonds is 1. The molecule has 18 heavy (non-hydrogen) atoms. The van der Waals surface area contributed by atoms with E-state index in [2.05, 4.69) is 42.4 Å².